The van der Waals surface area contributed by atoms with Crippen molar-refractivity contribution in [3.8, 4) is 34.0 Å². The number of ether oxygens (including phenoxy) is 1. The average molecular weight is 496 g/mol. The Labute approximate surface area is 206 Å². The molecule has 0 atom stereocenters. The number of aromatic nitrogens is 3. The molecule has 186 valence electrons. The standard InChI is InChI=1S/C27H24F3N3O3/c1-3-4-15-36-19-13-11-18(12-14-19)24-17(2)7-5-8-20(24)22-9-6-10-23(32-22)33-25(27(28,29)30)21(16-31-33)26(34)35/h5-14,16H,3-4,15H2,1-2H3,(H,34,35). The van der Waals surface area contributed by atoms with Crippen LogP contribution in [0.1, 0.15) is 41.4 Å². The third-order valence-electron chi connectivity index (χ3n) is 5.68. The Morgan fingerprint density at radius 1 is 1.06 bits per heavy atom. The molecule has 0 aliphatic rings. The van der Waals surface area contributed by atoms with Gasteiger partial charge in [0.25, 0.3) is 0 Å². The van der Waals surface area contributed by atoms with Crippen molar-refractivity contribution < 1.29 is 27.8 Å². The van der Waals surface area contributed by atoms with Crippen molar-refractivity contribution in [1.82, 2.24) is 14.8 Å². The van der Waals surface area contributed by atoms with Gasteiger partial charge in [0.2, 0.25) is 0 Å². The molecule has 1 N–H and O–H groups in total. The molecule has 0 fully saturated rings. The summed E-state index contributed by atoms with van der Waals surface area (Å²) in [7, 11) is 0. The number of unbranched alkanes of at least 4 members (excludes halogenated alkanes) is 1. The van der Waals surface area contributed by atoms with Gasteiger partial charge >= 0.3 is 12.1 Å². The molecule has 0 amide bonds. The van der Waals surface area contributed by atoms with Crippen LogP contribution < -0.4 is 4.74 Å². The first-order valence-electron chi connectivity index (χ1n) is 11.4. The molecule has 9 heteroatoms. The molecule has 0 radical (unpaired) electrons. The van der Waals surface area contributed by atoms with E-state index in [2.05, 4.69) is 17.0 Å². The van der Waals surface area contributed by atoms with Gasteiger partial charge in [0.15, 0.2) is 11.5 Å². The summed E-state index contributed by atoms with van der Waals surface area (Å²) in [6.07, 6.45) is -2.25. The number of alkyl halides is 3. The van der Waals surface area contributed by atoms with Crippen LogP contribution in [0, 0.1) is 6.92 Å². The molecule has 0 aliphatic carbocycles. The number of rotatable bonds is 8. The zero-order valence-corrected chi connectivity index (χ0v) is 19.7. The Hall–Kier alpha value is -4.14. The number of aromatic carboxylic acids is 1. The first-order valence-corrected chi connectivity index (χ1v) is 11.4. The van der Waals surface area contributed by atoms with E-state index in [0.717, 1.165) is 40.8 Å². The molecule has 0 unspecified atom stereocenters. The monoisotopic (exact) mass is 495 g/mol. The first kappa shape index (κ1) is 25.0. The molecule has 4 rings (SSSR count). The predicted octanol–water partition coefficient (Wildman–Crippen LogP) is 6.81. The fraction of sp³-hybridized carbons (Fsp3) is 0.222. The SMILES string of the molecule is CCCCOc1ccc(-c2c(C)cccc2-c2cccc(-n3ncc(C(=O)O)c3C(F)(F)F)n2)cc1. The maximum absolute atomic E-state index is 13.7. The predicted molar refractivity (Wildman–Crippen MR) is 129 cm³/mol. The van der Waals surface area contributed by atoms with Crippen molar-refractivity contribution in [3.63, 3.8) is 0 Å². The number of pyridine rings is 1. The van der Waals surface area contributed by atoms with Crippen LogP contribution in [0.5, 0.6) is 5.75 Å². The van der Waals surface area contributed by atoms with E-state index in [0.29, 0.717) is 23.2 Å². The van der Waals surface area contributed by atoms with E-state index in [9.17, 15) is 23.1 Å². The molecular formula is C27H24F3N3O3. The molecule has 0 saturated carbocycles. The Kier molecular flexibility index (Phi) is 7.10. The number of carbonyl (C=O) groups is 1. The van der Waals surface area contributed by atoms with Gasteiger partial charge in [-0.2, -0.15) is 18.3 Å². The van der Waals surface area contributed by atoms with E-state index in [1.54, 1.807) is 12.1 Å². The summed E-state index contributed by atoms with van der Waals surface area (Å²) < 4.78 is 47.4. The summed E-state index contributed by atoms with van der Waals surface area (Å²) in [5.74, 6) is -1.10. The summed E-state index contributed by atoms with van der Waals surface area (Å²) in [6, 6.07) is 17.9. The Balaban J connectivity index is 1.77. The number of carboxylic acid groups (broad SMARTS) is 1. The van der Waals surface area contributed by atoms with Crippen LogP contribution in [0.15, 0.2) is 66.9 Å². The van der Waals surface area contributed by atoms with Gasteiger partial charge in [-0.15, -0.1) is 0 Å². The minimum Gasteiger partial charge on any atom is -0.494 e. The molecule has 36 heavy (non-hydrogen) atoms. The van der Waals surface area contributed by atoms with Gasteiger partial charge in [-0.05, 0) is 54.3 Å². The fourth-order valence-electron chi connectivity index (χ4n) is 3.96. The lowest BCUT2D eigenvalue weighted by molar-refractivity contribution is -0.143. The van der Waals surface area contributed by atoms with Crippen molar-refractivity contribution >= 4 is 5.97 Å². The highest BCUT2D eigenvalue weighted by Gasteiger charge is 2.41. The number of carboxylic acids is 1. The van der Waals surface area contributed by atoms with Gasteiger partial charge in [0.05, 0.1) is 18.5 Å². The van der Waals surface area contributed by atoms with Crippen LogP contribution in [-0.2, 0) is 6.18 Å². The second-order valence-corrected chi connectivity index (χ2v) is 8.23. The van der Waals surface area contributed by atoms with E-state index in [-0.39, 0.29) is 5.82 Å². The van der Waals surface area contributed by atoms with Gasteiger partial charge in [0, 0.05) is 5.56 Å². The fourth-order valence-corrected chi connectivity index (χ4v) is 3.96. The van der Waals surface area contributed by atoms with E-state index in [1.807, 2.05) is 49.4 Å². The lowest BCUT2D eigenvalue weighted by atomic mass is 9.93. The minimum atomic E-state index is -4.93. The summed E-state index contributed by atoms with van der Waals surface area (Å²) in [6.45, 7) is 4.68. The van der Waals surface area contributed by atoms with Crippen LogP contribution in [0.2, 0.25) is 0 Å². The minimum absolute atomic E-state index is 0.139. The summed E-state index contributed by atoms with van der Waals surface area (Å²) in [5, 5.41) is 12.9. The van der Waals surface area contributed by atoms with Crippen molar-refractivity contribution in [3.05, 3.63) is 83.7 Å². The van der Waals surface area contributed by atoms with E-state index in [4.69, 9.17) is 4.74 Å². The topological polar surface area (TPSA) is 77.2 Å². The summed E-state index contributed by atoms with van der Waals surface area (Å²) in [5.41, 5.74) is 1.56. The molecular weight excluding hydrogens is 471 g/mol. The van der Waals surface area contributed by atoms with Crippen LogP contribution in [0.25, 0.3) is 28.2 Å². The van der Waals surface area contributed by atoms with E-state index in [1.165, 1.54) is 6.07 Å². The third kappa shape index (κ3) is 5.10. The zero-order chi connectivity index (χ0) is 25.9. The third-order valence-corrected chi connectivity index (χ3v) is 5.68. The maximum atomic E-state index is 13.7. The van der Waals surface area contributed by atoms with Crippen molar-refractivity contribution in [1.29, 1.82) is 0 Å². The molecule has 0 saturated heterocycles. The van der Waals surface area contributed by atoms with E-state index >= 15 is 0 Å². The maximum Gasteiger partial charge on any atom is 0.434 e. The second kappa shape index (κ2) is 10.2. The molecule has 0 aliphatic heterocycles. The van der Waals surface area contributed by atoms with Gasteiger partial charge in [-0.1, -0.05) is 49.7 Å². The Morgan fingerprint density at radius 3 is 2.44 bits per heavy atom. The number of benzene rings is 2. The quantitative estimate of drug-likeness (QED) is 0.272. The molecule has 2 heterocycles. The van der Waals surface area contributed by atoms with Crippen LogP contribution in [-0.4, -0.2) is 32.4 Å². The van der Waals surface area contributed by atoms with E-state index < -0.39 is 23.4 Å². The Bertz CT molecular complexity index is 1380. The number of hydrogen-bond acceptors (Lipinski definition) is 4. The van der Waals surface area contributed by atoms with Gasteiger partial charge in [0.1, 0.15) is 11.3 Å². The molecule has 2 aromatic heterocycles. The number of halogens is 3. The van der Waals surface area contributed by atoms with Crippen molar-refractivity contribution in [2.24, 2.45) is 0 Å². The lowest BCUT2D eigenvalue weighted by Gasteiger charge is -2.15. The van der Waals surface area contributed by atoms with Crippen molar-refractivity contribution in [2.75, 3.05) is 6.61 Å². The largest absolute Gasteiger partial charge is 0.494 e. The molecule has 2 aromatic carbocycles. The second-order valence-electron chi connectivity index (χ2n) is 8.23. The van der Waals surface area contributed by atoms with Gasteiger partial charge in [-0.25, -0.2) is 14.5 Å². The van der Waals surface area contributed by atoms with Crippen LogP contribution in [0.4, 0.5) is 13.2 Å². The number of aryl methyl sites for hydroxylation is 1. The van der Waals surface area contributed by atoms with Crippen molar-refractivity contribution in [2.45, 2.75) is 32.9 Å². The first-order chi connectivity index (χ1) is 17.2. The van der Waals surface area contributed by atoms with Gasteiger partial charge < -0.3 is 9.84 Å². The van der Waals surface area contributed by atoms with Crippen LogP contribution in [0.3, 0.4) is 0 Å². The zero-order valence-electron chi connectivity index (χ0n) is 19.7. The Morgan fingerprint density at radius 2 is 1.78 bits per heavy atom. The van der Waals surface area contributed by atoms with Crippen LogP contribution >= 0.6 is 0 Å². The number of nitrogens with zero attached hydrogens (tertiary/aromatic N) is 3. The lowest BCUT2D eigenvalue weighted by Crippen LogP contribution is -2.18. The highest BCUT2D eigenvalue weighted by molar-refractivity contribution is 5.89. The number of hydrogen-bond donors (Lipinski definition) is 1. The molecule has 6 nitrogen and oxygen atoms in total. The summed E-state index contributed by atoms with van der Waals surface area (Å²) >= 11 is 0. The van der Waals surface area contributed by atoms with Gasteiger partial charge in [-0.3, -0.25) is 0 Å². The molecule has 0 spiro atoms. The molecule has 4 aromatic rings. The smallest absolute Gasteiger partial charge is 0.434 e. The highest BCUT2D eigenvalue weighted by atomic mass is 19.4. The normalized spacial score (nSPS) is 11.5. The molecule has 0 bridgehead atoms. The summed E-state index contributed by atoms with van der Waals surface area (Å²) in [4.78, 5) is 15.8. The highest BCUT2D eigenvalue weighted by Crippen LogP contribution is 2.36. The average Bonchev–Trinajstić information content (AvgIpc) is 3.31.